The first-order valence-electron chi connectivity index (χ1n) is 9.68. The molecule has 0 aliphatic carbocycles. The summed E-state index contributed by atoms with van der Waals surface area (Å²) in [5, 5.41) is 2.65. The fourth-order valence-corrected chi connectivity index (χ4v) is 5.38. The summed E-state index contributed by atoms with van der Waals surface area (Å²) in [6.07, 6.45) is 0.176. The lowest BCUT2D eigenvalue weighted by Gasteiger charge is -2.19. The van der Waals surface area contributed by atoms with Crippen LogP contribution in [0.25, 0.3) is 10.4 Å². The maximum absolute atomic E-state index is 13.3. The highest BCUT2D eigenvalue weighted by Crippen LogP contribution is 2.42. The number of fused-ring (bicyclic) bond motifs is 3. The number of halogens is 1. The third-order valence-electron chi connectivity index (χ3n) is 5.11. The fraction of sp³-hybridized carbons (Fsp3) is 0.217. The normalized spacial score (nSPS) is 12.1. The smallest absolute Gasteiger partial charge is 0.411 e. The number of thiophene rings is 1. The van der Waals surface area contributed by atoms with Gasteiger partial charge in [-0.15, -0.1) is 11.3 Å². The van der Waals surface area contributed by atoms with Crippen molar-refractivity contribution < 1.29 is 19.1 Å². The fourth-order valence-electron chi connectivity index (χ4n) is 3.52. The Bertz CT molecular complexity index is 1140. The lowest BCUT2D eigenvalue weighted by atomic mass is 10.1. The molecule has 0 radical (unpaired) electrons. The van der Waals surface area contributed by atoms with E-state index in [1.165, 1.54) is 18.4 Å². The maximum atomic E-state index is 13.3. The number of hydrogen-bond acceptors (Lipinski definition) is 5. The lowest BCUT2D eigenvalue weighted by Crippen LogP contribution is -2.26. The number of para-hydroxylation sites is 1. The van der Waals surface area contributed by atoms with Crippen LogP contribution >= 0.6 is 33.9 Å². The number of methoxy groups -OCH3 is 1. The van der Waals surface area contributed by atoms with Gasteiger partial charge in [0.1, 0.15) is 5.75 Å². The van der Waals surface area contributed by atoms with Crippen molar-refractivity contribution in [2.45, 2.75) is 10.8 Å². The SMILES string of the molecule is COC(=O)Nc1ccc2c(c1)OCCc1cc(C(=O)N(C)c3ccccc3CI)sc1-2. The van der Waals surface area contributed by atoms with E-state index < -0.39 is 6.09 Å². The van der Waals surface area contributed by atoms with Crippen molar-refractivity contribution in [3.8, 4) is 16.2 Å². The van der Waals surface area contributed by atoms with Crippen molar-refractivity contribution in [3.63, 3.8) is 0 Å². The molecule has 8 heteroatoms. The van der Waals surface area contributed by atoms with Crippen LogP contribution in [-0.2, 0) is 15.6 Å². The highest BCUT2D eigenvalue weighted by Gasteiger charge is 2.24. The lowest BCUT2D eigenvalue weighted by molar-refractivity contribution is 0.0996. The molecule has 0 unspecified atom stereocenters. The third-order valence-corrected chi connectivity index (χ3v) is 7.13. The molecule has 160 valence electrons. The second-order valence-electron chi connectivity index (χ2n) is 7.02. The summed E-state index contributed by atoms with van der Waals surface area (Å²) < 4.78 is 11.4. The Morgan fingerprint density at radius 3 is 2.81 bits per heavy atom. The summed E-state index contributed by atoms with van der Waals surface area (Å²) in [6.45, 7) is 0.500. The average Bonchev–Trinajstić information content (AvgIpc) is 3.14. The Labute approximate surface area is 198 Å². The van der Waals surface area contributed by atoms with Gasteiger partial charge in [0.2, 0.25) is 0 Å². The molecule has 4 rings (SSSR count). The number of carbonyl (C=O) groups is 2. The van der Waals surface area contributed by atoms with Crippen LogP contribution < -0.4 is 15.0 Å². The van der Waals surface area contributed by atoms with E-state index in [0.29, 0.717) is 29.3 Å². The van der Waals surface area contributed by atoms with Gasteiger partial charge in [-0.2, -0.15) is 0 Å². The first kappa shape index (κ1) is 21.6. The van der Waals surface area contributed by atoms with Crippen molar-refractivity contribution in [2.24, 2.45) is 0 Å². The molecule has 6 nitrogen and oxygen atoms in total. The Kier molecular flexibility index (Phi) is 6.47. The number of anilines is 2. The summed E-state index contributed by atoms with van der Waals surface area (Å²) in [5.74, 6) is 0.652. The average molecular weight is 548 g/mol. The summed E-state index contributed by atoms with van der Waals surface area (Å²) in [5.41, 5.74) is 4.66. The number of carbonyl (C=O) groups excluding carboxylic acids is 2. The second kappa shape index (κ2) is 9.27. The van der Waals surface area contributed by atoms with Crippen LogP contribution in [0.3, 0.4) is 0 Å². The first-order chi connectivity index (χ1) is 15.0. The van der Waals surface area contributed by atoms with E-state index in [2.05, 4.69) is 32.6 Å². The van der Waals surface area contributed by atoms with Gasteiger partial charge in [-0.25, -0.2) is 4.79 Å². The zero-order valence-corrected chi connectivity index (χ0v) is 20.1. The molecule has 1 aromatic heterocycles. The van der Waals surface area contributed by atoms with Crippen LogP contribution in [-0.4, -0.2) is 32.8 Å². The maximum Gasteiger partial charge on any atom is 0.411 e. The molecule has 3 aromatic rings. The van der Waals surface area contributed by atoms with Crippen molar-refractivity contribution >= 4 is 57.3 Å². The van der Waals surface area contributed by atoms with Crippen LogP contribution in [0.1, 0.15) is 20.8 Å². The molecule has 0 atom stereocenters. The molecule has 31 heavy (non-hydrogen) atoms. The highest BCUT2D eigenvalue weighted by atomic mass is 127. The molecule has 1 aliphatic heterocycles. The van der Waals surface area contributed by atoms with E-state index in [4.69, 9.17) is 4.74 Å². The molecular weight excluding hydrogens is 527 g/mol. The van der Waals surface area contributed by atoms with Gasteiger partial charge in [-0.05, 0) is 35.4 Å². The number of alkyl halides is 1. The summed E-state index contributed by atoms with van der Waals surface area (Å²) in [7, 11) is 3.14. The monoisotopic (exact) mass is 548 g/mol. The van der Waals surface area contributed by atoms with Crippen LogP contribution in [0, 0.1) is 0 Å². The quantitative estimate of drug-likeness (QED) is 0.334. The van der Waals surface area contributed by atoms with Crippen molar-refractivity contribution in [1.82, 2.24) is 0 Å². The van der Waals surface area contributed by atoms with E-state index >= 15 is 0 Å². The summed E-state index contributed by atoms with van der Waals surface area (Å²) >= 11 is 3.79. The number of nitrogens with zero attached hydrogens (tertiary/aromatic N) is 1. The molecule has 1 aliphatic rings. The third kappa shape index (κ3) is 4.40. The number of ether oxygens (including phenoxy) is 2. The number of rotatable bonds is 4. The Hall–Kier alpha value is -2.59. The van der Waals surface area contributed by atoms with Gasteiger partial charge < -0.3 is 14.4 Å². The Morgan fingerprint density at radius 1 is 1.23 bits per heavy atom. The summed E-state index contributed by atoms with van der Waals surface area (Å²) in [6, 6.07) is 15.4. The van der Waals surface area contributed by atoms with Crippen LogP contribution in [0.2, 0.25) is 0 Å². The number of hydrogen-bond donors (Lipinski definition) is 1. The Morgan fingerprint density at radius 2 is 2.03 bits per heavy atom. The molecule has 0 bridgehead atoms. The minimum Gasteiger partial charge on any atom is -0.492 e. The van der Waals surface area contributed by atoms with Crippen molar-refractivity contribution in [3.05, 3.63) is 64.5 Å². The zero-order valence-electron chi connectivity index (χ0n) is 17.1. The molecule has 0 fully saturated rings. The van der Waals surface area contributed by atoms with Crippen LogP contribution in [0.15, 0.2) is 48.5 Å². The predicted octanol–water partition coefficient (Wildman–Crippen LogP) is 5.74. The zero-order chi connectivity index (χ0) is 22.0. The number of amides is 2. The number of benzene rings is 2. The summed E-state index contributed by atoms with van der Waals surface area (Å²) in [4.78, 5) is 28.2. The largest absolute Gasteiger partial charge is 0.492 e. The van der Waals surface area contributed by atoms with E-state index in [-0.39, 0.29) is 5.91 Å². The van der Waals surface area contributed by atoms with E-state index in [9.17, 15) is 9.59 Å². The van der Waals surface area contributed by atoms with Gasteiger partial charge in [-0.1, -0.05) is 40.8 Å². The van der Waals surface area contributed by atoms with Gasteiger partial charge in [0.05, 0.1) is 18.6 Å². The molecule has 2 aromatic carbocycles. The van der Waals surface area contributed by atoms with Crippen molar-refractivity contribution in [1.29, 1.82) is 0 Å². The molecule has 0 spiro atoms. The number of nitrogens with one attached hydrogen (secondary N) is 1. The molecule has 1 N–H and O–H groups in total. The van der Waals surface area contributed by atoms with Gasteiger partial charge in [0, 0.05) is 45.8 Å². The van der Waals surface area contributed by atoms with Crippen LogP contribution in [0.4, 0.5) is 16.2 Å². The van der Waals surface area contributed by atoms with Gasteiger partial charge in [-0.3, -0.25) is 10.1 Å². The highest BCUT2D eigenvalue weighted by molar-refractivity contribution is 14.1. The minimum atomic E-state index is -0.534. The van der Waals surface area contributed by atoms with Gasteiger partial charge >= 0.3 is 6.09 Å². The van der Waals surface area contributed by atoms with E-state index in [1.807, 2.05) is 43.4 Å². The predicted molar refractivity (Wildman–Crippen MR) is 132 cm³/mol. The molecule has 0 saturated carbocycles. The first-order valence-corrected chi connectivity index (χ1v) is 12.0. The topological polar surface area (TPSA) is 67.9 Å². The molecule has 2 heterocycles. The van der Waals surface area contributed by atoms with E-state index in [0.717, 1.165) is 31.7 Å². The molecular formula is C23H21IN2O4S. The molecule has 2 amide bonds. The van der Waals surface area contributed by atoms with E-state index in [1.54, 1.807) is 17.0 Å². The Balaban J connectivity index is 1.66. The minimum absolute atomic E-state index is 0.0261. The second-order valence-corrected chi connectivity index (χ2v) is 8.83. The standard InChI is InChI=1S/C23H21IN2O4S/c1-26(18-6-4-3-5-15(18)13-24)22(27)20-11-14-9-10-30-19-12-16(25-23(28)29-2)7-8-17(19)21(14)31-20/h3-8,11-12H,9-10,13H2,1-2H3,(H,25,28). The van der Waals surface area contributed by atoms with Gasteiger partial charge in [0.15, 0.2) is 0 Å². The molecule has 0 saturated heterocycles. The van der Waals surface area contributed by atoms with Crippen LogP contribution in [0.5, 0.6) is 5.75 Å². The van der Waals surface area contributed by atoms with Gasteiger partial charge in [0.25, 0.3) is 5.91 Å². The van der Waals surface area contributed by atoms with Crippen molar-refractivity contribution in [2.75, 3.05) is 31.0 Å².